The summed E-state index contributed by atoms with van der Waals surface area (Å²) >= 11 is 0. The van der Waals surface area contributed by atoms with E-state index in [9.17, 15) is 0 Å². The van der Waals surface area contributed by atoms with Gasteiger partial charge in [-0.25, -0.2) is 0 Å². The number of hydrogen-bond acceptors (Lipinski definition) is 2. The Balaban J connectivity index is 2.55. The molecule has 0 aliphatic carbocycles. The van der Waals surface area contributed by atoms with Crippen molar-refractivity contribution < 1.29 is 0 Å². The van der Waals surface area contributed by atoms with Gasteiger partial charge in [-0.1, -0.05) is 20.8 Å². The lowest BCUT2D eigenvalue weighted by Crippen LogP contribution is -2.35. The SMILES string of the molecule is CCNC(Cc1ccn(C)n1)C(C)C. The van der Waals surface area contributed by atoms with Crippen molar-refractivity contribution in [2.24, 2.45) is 13.0 Å². The van der Waals surface area contributed by atoms with Crippen LogP contribution in [0.25, 0.3) is 0 Å². The molecule has 0 saturated heterocycles. The van der Waals surface area contributed by atoms with Crippen molar-refractivity contribution >= 4 is 0 Å². The van der Waals surface area contributed by atoms with Gasteiger partial charge in [0.05, 0.1) is 5.69 Å². The second-order valence-corrected chi connectivity index (χ2v) is 4.09. The molecule has 1 N–H and O–H groups in total. The van der Waals surface area contributed by atoms with E-state index < -0.39 is 0 Å². The van der Waals surface area contributed by atoms with E-state index in [1.807, 2.05) is 17.9 Å². The maximum atomic E-state index is 4.39. The van der Waals surface area contributed by atoms with E-state index in [4.69, 9.17) is 0 Å². The fourth-order valence-corrected chi connectivity index (χ4v) is 1.60. The molecule has 80 valence electrons. The molecule has 0 saturated carbocycles. The molecule has 14 heavy (non-hydrogen) atoms. The van der Waals surface area contributed by atoms with Gasteiger partial charge in [0.2, 0.25) is 0 Å². The van der Waals surface area contributed by atoms with E-state index >= 15 is 0 Å². The first-order valence-corrected chi connectivity index (χ1v) is 5.35. The molecule has 1 rings (SSSR count). The van der Waals surface area contributed by atoms with Crippen LogP contribution < -0.4 is 5.32 Å². The van der Waals surface area contributed by atoms with E-state index in [1.54, 1.807) is 0 Å². The fraction of sp³-hybridized carbons (Fsp3) is 0.727. The van der Waals surface area contributed by atoms with E-state index in [2.05, 4.69) is 37.3 Å². The van der Waals surface area contributed by atoms with Gasteiger partial charge in [0.15, 0.2) is 0 Å². The smallest absolute Gasteiger partial charge is 0.0640 e. The second-order valence-electron chi connectivity index (χ2n) is 4.09. The molecule has 1 heterocycles. The molecule has 0 radical (unpaired) electrons. The van der Waals surface area contributed by atoms with Crippen LogP contribution >= 0.6 is 0 Å². The average molecular weight is 195 g/mol. The molecular formula is C11H21N3. The molecule has 3 nitrogen and oxygen atoms in total. The number of nitrogens with zero attached hydrogens (tertiary/aromatic N) is 2. The Morgan fingerprint density at radius 3 is 2.64 bits per heavy atom. The lowest BCUT2D eigenvalue weighted by molar-refractivity contribution is 0.401. The first kappa shape index (κ1) is 11.2. The van der Waals surface area contributed by atoms with E-state index in [0.29, 0.717) is 12.0 Å². The number of nitrogens with one attached hydrogen (secondary N) is 1. The van der Waals surface area contributed by atoms with Gasteiger partial charge < -0.3 is 5.32 Å². The highest BCUT2D eigenvalue weighted by Crippen LogP contribution is 2.08. The Bertz CT molecular complexity index is 265. The normalized spacial score (nSPS) is 13.5. The second kappa shape index (κ2) is 5.15. The topological polar surface area (TPSA) is 29.9 Å². The van der Waals surface area contributed by atoms with Crippen LogP contribution in [0.1, 0.15) is 26.5 Å². The van der Waals surface area contributed by atoms with Crippen LogP contribution in [0.15, 0.2) is 12.3 Å². The molecule has 1 aromatic heterocycles. The largest absolute Gasteiger partial charge is 0.314 e. The van der Waals surface area contributed by atoms with E-state index in [1.165, 1.54) is 5.69 Å². The van der Waals surface area contributed by atoms with E-state index in [0.717, 1.165) is 13.0 Å². The first-order chi connectivity index (χ1) is 6.63. The van der Waals surface area contributed by atoms with Crippen LogP contribution in [0.2, 0.25) is 0 Å². The predicted molar refractivity (Wildman–Crippen MR) is 59.2 cm³/mol. The van der Waals surface area contributed by atoms with Crippen molar-refractivity contribution in [3.8, 4) is 0 Å². The average Bonchev–Trinajstić information content (AvgIpc) is 2.50. The molecule has 0 aliphatic rings. The number of hydrogen-bond donors (Lipinski definition) is 1. The molecule has 0 fully saturated rings. The minimum absolute atomic E-state index is 0.537. The van der Waals surface area contributed by atoms with Crippen molar-refractivity contribution in [2.75, 3.05) is 6.54 Å². The van der Waals surface area contributed by atoms with Gasteiger partial charge in [0.1, 0.15) is 0 Å². The Hall–Kier alpha value is -0.830. The van der Waals surface area contributed by atoms with Gasteiger partial charge in [-0.05, 0) is 18.5 Å². The highest BCUT2D eigenvalue weighted by Gasteiger charge is 2.13. The summed E-state index contributed by atoms with van der Waals surface area (Å²) in [6.45, 7) is 7.66. The lowest BCUT2D eigenvalue weighted by Gasteiger charge is -2.20. The van der Waals surface area contributed by atoms with E-state index in [-0.39, 0.29) is 0 Å². The Morgan fingerprint density at radius 2 is 2.21 bits per heavy atom. The van der Waals surface area contributed by atoms with Crippen LogP contribution in [0.3, 0.4) is 0 Å². The van der Waals surface area contributed by atoms with Crippen LogP contribution in [0.4, 0.5) is 0 Å². The van der Waals surface area contributed by atoms with Gasteiger partial charge in [0.25, 0.3) is 0 Å². The highest BCUT2D eigenvalue weighted by atomic mass is 15.2. The lowest BCUT2D eigenvalue weighted by atomic mass is 9.99. The van der Waals surface area contributed by atoms with Gasteiger partial charge in [-0.2, -0.15) is 5.10 Å². The van der Waals surface area contributed by atoms with Gasteiger partial charge >= 0.3 is 0 Å². The van der Waals surface area contributed by atoms with Crippen molar-refractivity contribution in [3.63, 3.8) is 0 Å². The Morgan fingerprint density at radius 1 is 1.50 bits per heavy atom. The maximum Gasteiger partial charge on any atom is 0.0640 e. The molecular weight excluding hydrogens is 174 g/mol. The summed E-state index contributed by atoms with van der Waals surface area (Å²) in [6.07, 6.45) is 3.02. The summed E-state index contributed by atoms with van der Waals surface area (Å²) in [4.78, 5) is 0. The summed E-state index contributed by atoms with van der Waals surface area (Å²) in [5, 5.41) is 7.88. The van der Waals surface area contributed by atoms with Crippen LogP contribution in [-0.2, 0) is 13.5 Å². The summed E-state index contributed by atoms with van der Waals surface area (Å²) in [7, 11) is 1.96. The minimum Gasteiger partial charge on any atom is -0.314 e. The standard InChI is InChI=1S/C11H21N3/c1-5-12-11(9(2)3)8-10-6-7-14(4)13-10/h6-7,9,11-12H,5,8H2,1-4H3. The summed E-state index contributed by atoms with van der Waals surface area (Å²) in [5.41, 5.74) is 1.17. The zero-order chi connectivity index (χ0) is 10.6. The maximum absolute atomic E-state index is 4.39. The van der Waals surface area contributed by atoms with Gasteiger partial charge in [-0.15, -0.1) is 0 Å². The number of rotatable bonds is 5. The summed E-state index contributed by atoms with van der Waals surface area (Å²) < 4.78 is 1.86. The quantitative estimate of drug-likeness (QED) is 0.773. The molecule has 3 heteroatoms. The predicted octanol–water partition coefficient (Wildman–Crippen LogP) is 1.60. The van der Waals surface area contributed by atoms with Crippen molar-refractivity contribution in [1.29, 1.82) is 0 Å². The Labute approximate surface area is 86.5 Å². The van der Waals surface area contributed by atoms with Gasteiger partial charge in [-0.3, -0.25) is 4.68 Å². The third kappa shape index (κ3) is 3.14. The zero-order valence-electron chi connectivity index (χ0n) is 9.62. The third-order valence-corrected chi connectivity index (χ3v) is 2.47. The first-order valence-electron chi connectivity index (χ1n) is 5.35. The Kier molecular flexibility index (Phi) is 4.14. The molecule has 0 aliphatic heterocycles. The van der Waals surface area contributed by atoms with Crippen molar-refractivity contribution in [3.05, 3.63) is 18.0 Å². The minimum atomic E-state index is 0.537. The molecule has 0 amide bonds. The summed E-state index contributed by atoms with van der Waals surface area (Å²) in [6, 6.07) is 2.63. The number of likely N-dealkylation sites (N-methyl/N-ethyl adjacent to an activating group) is 1. The highest BCUT2D eigenvalue weighted by molar-refractivity contribution is 5.01. The number of aromatic nitrogens is 2. The molecule has 1 atom stereocenters. The van der Waals surface area contributed by atoms with Gasteiger partial charge in [0, 0.05) is 25.7 Å². The fourth-order valence-electron chi connectivity index (χ4n) is 1.60. The van der Waals surface area contributed by atoms with Crippen LogP contribution in [0, 0.1) is 5.92 Å². The van der Waals surface area contributed by atoms with Crippen LogP contribution in [0.5, 0.6) is 0 Å². The summed E-state index contributed by atoms with van der Waals surface area (Å²) in [5.74, 6) is 0.650. The number of aryl methyl sites for hydroxylation is 1. The molecule has 0 bridgehead atoms. The van der Waals surface area contributed by atoms with Crippen LogP contribution in [-0.4, -0.2) is 22.4 Å². The van der Waals surface area contributed by atoms with Crippen molar-refractivity contribution in [1.82, 2.24) is 15.1 Å². The van der Waals surface area contributed by atoms with Crippen molar-refractivity contribution in [2.45, 2.75) is 33.2 Å². The molecule has 0 spiro atoms. The zero-order valence-corrected chi connectivity index (χ0v) is 9.62. The molecule has 1 aromatic rings. The third-order valence-electron chi connectivity index (χ3n) is 2.47. The molecule has 0 aromatic carbocycles. The monoisotopic (exact) mass is 195 g/mol. The molecule has 1 unspecified atom stereocenters.